The first-order valence-electron chi connectivity index (χ1n) is 5.79. The summed E-state index contributed by atoms with van der Waals surface area (Å²) < 4.78 is 5.46. The molecule has 15 heavy (non-hydrogen) atoms. The molecule has 86 valence electrons. The second kappa shape index (κ2) is 4.49. The molecule has 1 N–H and O–H groups in total. The number of rotatable bonds is 4. The zero-order chi connectivity index (χ0) is 10.8. The van der Waals surface area contributed by atoms with E-state index in [2.05, 4.69) is 11.8 Å². The van der Waals surface area contributed by atoms with E-state index in [-0.39, 0.29) is 6.10 Å². The topological polar surface area (TPSA) is 49.8 Å². The summed E-state index contributed by atoms with van der Waals surface area (Å²) in [7, 11) is 0. The van der Waals surface area contributed by atoms with Crippen molar-refractivity contribution in [2.24, 2.45) is 5.92 Å². The third kappa shape index (κ3) is 2.49. The molecule has 4 heteroatoms. The normalized spacial score (nSPS) is 32.9. The third-order valence-electron chi connectivity index (χ3n) is 3.45. The summed E-state index contributed by atoms with van der Waals surface area (Å²) in [4.78, 5) is 13.0. The van der Waals surface area contributed by atoms with Crippen LogP contribution in [0.25, 0.3) is 0 Å². The van der Waals surface area contributed by atoms with E-state index in [0.29, 0.717) is 6.42 Å². The van der Waals surface area contributed by atoms with Gasteiger partial charge in [-0.1, -0.05) is 13.3 Å². The molecule has 2 atom stereocenters. The molecular formula is C11H19NO3. The number of ether oxygens (including phenoxy) is 1. The van der Waals surface area contributed by atoms with Crippen molar-refractivity contribution in [2.75, 3.05) is 19.6 Å². The Bertz CT molecular complexity index is 238. The molecule has 0 bridgehead atoms. The molecule has 0 amide bonds. The smallest absolute Gasteiger partial charge is 0.332 e. The summed E-state index contributed by atoms with van der Waals surface area (Å²) in [5.41, 5.74) is 0. The molecular weight excluding hydrogens is 194 g/mol. The van der Waals surface area contributed by atoms with Gasteiger partial charge in [0.1, 0.15) is 0 Å². The standard InChI is InChI=1S/C11H19NO3/c1-2-8-5-12(6-8)7-9-3-4-10(15-9)11(13)14/h8-10H,2-7H2,1H3,(H,13,14). The summed E-state index contributed by atoms with van der Waals surface area (Å²) in [6.07, 6.45) is 2.40. The third-order valence-corrected chi connectivity index (χ3v) is 3.45. The molecule has 0 aromatic rings. The lowest BCUT2D eigenvalue weighted by Crippen LogP contribution is -2.49. The Morgan fingerprint density at radius 2 is 2.20 bits per heavy atom. The highest BCUT2D eigenvalue weighted by Crippen LogP contribution is 2.24. The van der Waals surface area contributed by atoms with Gasteiger partial charge in [-0.2, -0.15) is 0 Å². The zero-order valence-corrected chi connectivity index (χ0v) is 9.19. The minimum atomic E-state index is -0.812. The Morgan fingerprint density at radius 3 is 2.73 bits per heavy atom. The fraction of sp³-hybridized carbons (Fsp3) is 0.909. The lowest BCUT2D eigenvalue weighted by Gasteiger charge is -2.40. The number of likely N-dealkylation sites (tertiary alicyclic amines) is 1. The average molecular weight is 213 g/mol. The van der Waals surface area contributed by atoms with Crippen molar-refractivity contribution in [1.29, 1.82) is 0 Å². The molecule has 0 aromatic heterocycles. The van der Waals surface area contributed by atoms with Gasteiger partial charge in [0.25, 0.3) is 0 Å². The second-order valence-electron chi connectivity index (χ2n) is 4.66. The fourth-order valence-corrected chi connectivity index (χ4v) is 2.39. The highest BCUT2D eigenvalue weighted by molar-refractivity contribution is 5.72. The Kier molecular flexibility index (Phi) is 3.26. The molecule has 0 saturated carbocycles. The van der Waals surface area contributed by atoms with Gasteiger partial charge in [0.15, 0.2) is 6.10 Å². The lowest BCUT2D eigenvalue weighted by atomic mass is 9.97. The predicted molar refractivity (Wildman–Crippen MR) is 55.8 cm³/mol. The Hall–Kier alpha value is -0.610. The first kappa shape index (κ1) is 10.9. The fourth-order valence-electron chi connectivity index (χ4n) is 2.39. The van der Waals surface area contributed by atoms with Crippen molar-refractivity contribution < 1.29 is 14.6 Å². The van der Waals surface area contributed by atoms with Gasteiger partial charge in [-0.25, -0.2) is 4.79 Å². The van der Waals surface area contributed by atoms with E-state index in [0.717, 1.165) is 32.0 Å². The Balaban J connectivity index is 1.67. The van der Waals surface area contributed by atoms with E-state index in [1.807, 2.05) is 0 Å². The summed E-state index contributed by atoms with van der Waals surface area (Å²) in [6.45, 7) is 5.46. The lowest BCUT2D eigenvalue weighted by molar-refractivity contribution is -0.150. The van der Waals surface area contributed by atoms with Gasteiger partial charge >= 0.3 is 5.97 Å². The quantitative estimate of drug-likeness (QED) is 0.755. The molecule has 0 aromatic carbocycles. The molecule has 2 aliphatic heterocycles. The molecule has 2 heterocycles. The minimum Gasteiger partial charge on any atom is -0.479 e. The first-order valence-corrected chi connectivity index (χ1v) is 5.79. The van der Waals surface area contributed by atoms with Crippen molar-refractivity contribution >= 4 is 5.97 Å². The first-order chi connectivity index (χ1) is 7.19. The summed E-state index contributed by atoms with van der Waals surface area (Å²) in [6, 6.07) is 0. The number of nitrogens with zero attached hydrogens (tertiary/aromatic N) is 1. The van der Waals surface area contributed by atoms with Crippen molar-refractivity contribution in [1.82, 2.24) is 4.90 Å². The monoisotopic (exact) mass is 213 g/mol. The second-order valence-corrected chi connectivity index (χ2v) is 4.66. The molecule has 4 nitrogen and oxygen atoms in total. The van der Waals surface area contributed by atoms with E-state index in [1.54, 1.807) is 0 Å². The molecule has 0 aliphatic carbocycles. The van der Waals surface area contributed by atoms with E-state index in [9.17, 15) is 4.79 Å². The number of carbonyl (C=O) groups is 1. The highest BCUT2D eigenvalue weighted by Gasteiger charge is 2.34. The van der Waals surface area contributed by atoms with Crippen LogP contribution in [0.3, 0.4) is 0 Å². The molecule has 2 unspecified atom stereocenters. The zero-order valence-electron chi connectivity index (χ0n) is 9.19. The van der Waals surface area contributed by atoms with Crippen LogP contribution in [0, 0.1) is 5.92 Å². The van der Waals surface area contributed by atoms with Crippen LogP contribution in [0.15, 0.2) is 0 Å². The van der Waals surface area contributed by atoms with Gasteiger partial charge in [-0.05, 0) is 18.8 Å². The number of carboxylic acids is 1. The number of aliphatic carboxylic acids is 1. The maximum absolute atomic E-state index is 10.7. The number of hydrogen-bond donors (Lipinski definition) is 1. The summed E-state index contributed by atoms with van der Waals surface area (Å²) in [5, 5.41) is 8.78. The van der Waals surface area contributed by atoms with E-state index in [4.69, 9.17) is 9.84 Å². The Morgan fingerprint density at radius 1 is 1.47 bits per heavy atom. The van der Waals surface area contributed by atoms with Crippen LogP contribution in [-0.4, -0.2) is 47.8 Å². The Labute approximate surface area is 90.2 Å². The average Bonchev–Trinajstić information content (AvgIpc) is 2.58. The molecule has 0 radical (unpaired) electrons. The molecule has 2 saturated heterocycles. The molecule has 2 rings (SSSR count). The minimum absolute atomic E-state index is 0.143. The van der Waals surface area contributed by atoms with E-state index >= 15 is 0 Å². The van der Waals surface area contributed by atoms with Crippen LogP contribution in [-0.2, 0) is 9.53 Å². The van der Waals surface area contributed by atoms with Crippen LogP contribution in [0.2, 0.25) is 0 Å². The molecule has 0 spiro atoms. The predicted octanol–water partition coefficient (Wildman–Crippen LogP) is 0.960. The van der Waals surface area contributed by atoms with Crippen molar-refractivity contribution in [3.8, 4) is 0 Å². The van der Waals surface area contributed by atoms with Gasteiger partial charge in [0.2, 0.25) is 0 Å². The van der Waals surface area contributed by atoms with Gasteiger partial charge < -0.3 is 14.7 Å². The van der Waals surface area contributed by atoms with Gasteiger partial charge in [-0.15, -0.1) is 0 Å². The van der Waals surface area contributed by atoms with Crippen LogP contribution in [0.1, 0.15) is 26.2 Å². The van der Waals surface area contributed by atoms with Crippen molar-refractivity contribution in [3.05, 3.63) is 0 Å². The largest absolute Gasteiger partial charge is 0.479 e. The highest BCUT2D eigenvalue weighted by atomic mass is 16.5. The van der Waals surface area contributed by atoms with Crippen LogP contribution < -0.4 is 0 Å². The summed E-state index contributed by atoms with van der Waals surface area (Å²) >= 11 is 0. The van der Waals surface area contributed by atoms with Crippen molar-refractivity contribution in [2.45, 2.75) is 38.4 Å². The number of carboxylic acid groups (broad SMARTS) is 1. The summed E-state index contributed by atoms with van der Waals surface area (Å²) in [5.74, 6) is 0.0363. The maximum atomic E-state index is 10.7. The maximum Gasteiger partial charge on any atom is 0.332 e. The van der Waals surface area contributed by atoms with Gasteiger partial charge in [-0.3, -0.25) is 0 Å². The van der Waals surface area contributed by atoms with Gasteiger partial charge in [0.05, 0.1) is 6.10 Å². The van der Waals surface area contributed by atoms with Gasteiger partial charge in [0, 0.05) is 19.6 Å². The van der Waals surface area contributed by atoms with Crippen LogP contribution in [0.4, 0.5) is 0 Å². The van der Waals surface area contributed by atoms with E-state index in [1.165, 1.54) is 6.42 Å². The van der Waals surface area contributed by atoms with Crippen LogP contribution >= 0.6 is 0 Å². The SMILES string of the molecule is CCC1CN(CC2CCC(C(=O)O)O2)C1. The molecule has 2 aliphatic rings. The van der Waals surface area contributed by atoms with Crippen molar-refractivity contribution in [3.63, 3.8) is 0 Å². The van der Waals surface area contributed by atoms with Crippen LogP contribution in [0.5, 0.6) is 0 Å². The van der Waals surface area contributed by atoms with E-state index < -0.39 is 12.1 Å². The molecule has 2 fully saturated rings. The number of hydrogen-bond acceptors (Lipinski definition) is 3.